The molecule has 6 heteroatoms. The lowest BCUT2D eigenvalue weighted by molar-refractivity contribution is 0.781. The Labute approximate surface area is 145 Å². The van der Waals surface area contributed by atoms with Crippen LogP contribution >= 0.6 is 0 Å². The van der Waals surface area contributed by atoms with Gasteiger partial charge in [0.1, 0.15) is 5.69 Å². The number of rotatable bonds is 5. The van der Waals surface area contributed by atoms with E-state index in [1.165, 1.54) is 0 Å². The standard InChI is InChI=1S/C19H18N6/c1-15(19-14-25(23-22-19)18-10-6-3-7-11-18)21-16-12-20-24(13-16)17-8-4-2-5-9-17/h2-15,21H,1H3/t15-/m1/s1. The van der Waals surface area contributed by atoms with Crippen molar-refractivity contribution in [2.75, 3.05) is 5.32 Å². The molecule has 0 aliphatic rings. The molecule has 0 radical (unpaired) electrons. The molecule has 4 aromatic rings. The highest BCUT2D eigenvalue weighted by molar-refractivity contribution is 5.44. The van der Waals surface area contributed by atoms with Crippen LogP contribution in [-0.4, -0.2) is 24.8 Å². The minimum atomic E-state index is 0.0193. The summed E-state index contributed by atoms with van der Waals surface area (Å²) in [6.45, 7) is 2.05. The Morgan fingerprint density at radius 1 is 0.840 bits per heavy atom. The van der Waals surface area contributed by atoms with Gasteiger partial charge in [0.2, 0.25) is 0 Å². The van der Waals surface area contributed by atoms with Crippen LogP contribution in [0.4, 0.5) is 5.69 Å². The molecule has 1 N–H and O–H groups in total. The maximum absolute atomic E-state index is 4.40. The minimum absolute atomic E-state index is 0.0193. The third-order valence-electron chi connectivity index (χ3n) is 3.96. The molecule has 0 aliphatic carbocycles. The summed E-state index contributed by atoms with van der Waals surface area (Å²) in [7, 11) is 0. The average Bonchev–Trinajstić information content (AvgIpc) is 3.33. The first-order valence-corrected chi connectivity index (χ1v) is 8.14. The van der Waals surface area contributed by atoms with E-state index in [0.717, 1.165) is 22.8 Å². The zero-order valence-electron chi connectivity index (χ0n) is 13.8. The molecule has 0 bridgehead atoms. The van der Waals surface area contributed by atoms with E-state index in [2.05, 4.69) is 27.7 Å². The van der Waals surface area contributed by atoms with E-state index in [4.69, 9.17) is 0 Å². The van der Waals surface area contributed by atoms with Crippen molar-refractivity contribution in [1.82, 2.24) is 24.8 Å². The molecule has 0 saturated heterocycles. The SMILES string of the molecule is C[C@@H](Nc1cnn(-c2ccccc2)c1)c1cn(-c2ccccc2)nn1. The van der Waals surface area contributed by atoms with E-state index in [9.17, 15) is 0 Å². The smallest absolute Gasteiger partial charge is 0.105 e. The third kappa shape index (κ3) is 3.28. The Bertz CT molecular complexity index is 942. The maximum atomic E-state index is 4.40. The first-order valence-electron chi connectivity index (χ1n) is 8.14. The Morgan fingerprint density at radius 2 is 1.48 bits per heavy atom. The van der Waals surface area contributed by atoms with Gasteiger partial charge < -0.3 is 5.32 Å². The van der Waals surface area contributed by atoms with Crippen LogP contribution in [0, 0.1) is 0 Å². The molecule has 0 fully saturated rings. The molecule has 6 nitrogen and oxygen atoms in total. The van der Waals surface area contributed by atoms with Crippen molar-refractivity contribution in [3.8, 4) is 11.4 Å². The molecule has 25 heavy (non-hydrogen) atoms. The predicted octanol–water partition coefficient (Wildman–Crippen LogP) is 3.63. The zero-order chi connectivity index (χ0) is 17.1. The fraction of sp³-hybridized carbons (Fsp3) is 0.105. The van der Waals surface area contributed by atoms with Gasteiger partial charge in [-0.2, -0.15) is 5.10 Å². The van der Waals surface area contributed by atoms with Crippen LogP contribution in [0.25, 0.3) is 11.4 Å². The van der Waals surface area contributed by atoms with Crippen molar-refractivity contribution < 1.29 is 0 Å². The first-order chi connectivity index (χ1) is 12.3. The van der Waals surface area contributed by atoms with Gasteiger partial charge in [-0.3, -0.25) is 0 Å². The van der Waals surface area contributed by atoms with Crippen molar-refractivity contribution in [3.05, 3.63) is 84.9 Å². The largest absolute Gasteiger partial charge is 0.374 e. The molecule has 2 aromatic carbocycles. The summed E-state index contributed by atoms with van der Waals surface area (Å²) in [5, 5.41) is 16.3. The van der Waals surface area contributed by atoms with Gasteiger partial charge in [-0.05, 0) is 31.2 Å². The summed E-state index contributed by atoms with van der Waals surface area (Å²) in [5.74, 6) is 0. The summed E-state index contributed by atoms with van der Waals surface area (Å²) in [6, 6.07) is 20.0. The van der Waals surface area contributed by atoms with E-state index in [0.29, 0.717) is 0 Å². The van der Waals surface area contributed by atoms with Gasteiger partial charge >= 0.3 is 0 Å². The molecular weight excluding hydrogens is 312 g/mol. The van der Waals surface area contributed by atoms with Crippen LogP contribution in [0.3, 0.4) is 0 Å². The van der Waals surface area contributed by atoms with Crippen LogP contribution in [0.5, 0.6) is 0 Å². The number of anilines is 1. The van der Waals surface area contributed by atoms with Crippen LogP contribution in [-0.2, 0) is 0 Å². The lowest BCUT2D eigenvalue weighted by Crippen LogP contribution is -2.06. The third-order valence-corrected chi connectivity index (χ3v) is 3.96. The highest BCUT2D eigenvalue weighted by Crippen LogP contribution is 2.19. The van der Waals surface area contributed by atoms with Crippen molar-refractivity contribution in [1.29, 1.82) is 0 Å². The normalized spacial score (nSPS) is 12.0. The molecule has 2 aromatic heterocycles. The number of para-hydroxylation sites is 2. The second-order valence-electron chi connectivity index (χ2n) is 5.80. The van der Waals surface area contributed by atoms with E-state index in [-0.39, 0.29) is 6.04 Å². The van der Waals surface area contributed by atoms with Crippen molar-refractivity contribution >= 4 is 5.69 Å². The Hall–Kier alpha value is -3.41. The highest BCUT2D eigenvalue weighted by Gasteiger charge is 2.12. The van der Waals surface area contributed by atoms with E-state index in [1.54, 1.807) is 4.68 Å². The predicted molar refractivity (Wildman–Crippen MR) is 97.0 cm³/mol. The Balaban J connectivity index is 1.49. The van der Waals surface area contributed by atoms with E-state index >= 15 is 0 Å². The van der Waals surface area contributed by atoms with Gasteiger partial charge in [-0.15, -0.1) is 5.10 Å². The zero-order valence-corrected chi connectivity index (χ0v) is 13.8. The quantitative estimate of drug-likeness (QED) is 0.607. The maximum Gasteiger partial charge on any atom is 0.105 e. The molecular formula is C19H18N6. The van der Waals surface area contributed by atoms with Gasteiger partial charge in [0.25, 0.3) is 0 Å². The molecule has 2 heterocycles. The molecule has 0 unspecified atom stereocenters. The van der Waals surface area contributed by atoms with Crippen LogP contribution in [0.2, 0.25) is 0 Å². The molecule has 0 amide bonds. The van der Waals surface area contributed by atoms with Crippen molar-refractivity contribution in [3.63, 3.8) is 0 Å². The number of nitrogens with zero attached hydrogens (tertiary/aromatic N) is 5. The fourth-order valence-electron chi connectivity index (χ4n) is 2.63. The van der Waals surface area contributed by atoms with Crippen LogP contribution < -0.4 is 5.32 Å². The number of nitrogens with one attached hydrogen (secondary N) is 1. The van der Waals surface area contributed by atoms with Crippen LogP contribution in [0.1, 0.15) is 18.7 Å². The number of aromatic nitrogens is 5. The summed E-state index contributed by atoms with van der Waals surface area (Å²) < 4.78 is 3.62. The van der Waals surface area contributed by atoms with Gasteiger partial charge in [0.15, 0.2) is 0 Å². The first kappa shape index (κ1) is 15.1. The second kappa shape index (κ2) is 6.60. The van der Waals surface area contributed by atoms with Crippen LogP contribution in [0.15, 0.2) is 79.3 Å². The molecule has 4 rings (SSSR count). The number of benzene rings is 2. The monoisotopic (exact) mass is 330 g/mol. The summed E-state index contributed by atoms with van der Waals surface area (Å²) in [4.78, 5) is 0. The summed E-state index contributed by atoms with van der Waals surface area (Å²) in [6.07, 6.45) is 5.72. The van der Waals surface area contributed by atoms with Gasteiger partial charge in [0, 0.05) is 0 Å². The average molecular weight is 330 g/mol. The lowest BCUT2D eigenvalue weighted by Gasteiger charge is -2.09. The minimum Gasteiger partial charge on any atom is -0.374 e. The molecule has 124 valence electrons. The van der Waals surface area contributed by atoms with E-state index in [1.807, 2.05) is 83.9 Å². The summed E-state index contributed by atoms with van der Waals surface area (Å²) in [5.41, 5.74) is 3.82. The van der Waals surface area contributed by atoms with Gasteiger partial charge in [-0.25, -0.2) is 9.36 Å². The number of hydrogen-bond donors (Lipinski definition) is 1. The van der Waals surface area contributed by atoms with Crippen molar-refractivity contribution in [2.24, 2.45) is 0 Å². The Morgan fingerprint density at radius 3 is 2.16 bits per heavy atom. The fourth-order valence-corrected chi connectivity index (χ4v) is 2.63. The highest BCUT2D eigenvalue weighted by atomic mass is 15.4. The van der Waals surface area contributed by atoms with Crippen molar-refractivity contribution in [2.45, 2.75) is 13.0 Å². The molecule has 0 aliphatic heterocycles. The Kier molecular flexibility index (Phi) is 4.00. The molecule has 1 atom stereocenters. The molecule has 0 spiro atoms. The van der Waals surface area contributed by atoms with E-state index < -0.39 is 0 Å². The summed E-state index contributed by atoms with van der Waals surface area (Å²) >= 11 is 0. The van der Waals surface area contributed by atoms with Gasteiger partial charge in [-0.1, -0.05) is 41.6 Å². The topological polar surface area (TPSA) is 60.6 Å². The number of hydrogen-bond acceptors (Lipinski definition) is 4. The lowest BCUT2D eigenvalue weighted by atomic mass is 10.2. The second-order valence-corrected chi connectivity index (χ2v) is 5.80. The van der Waals surface area contributed by atoms with Gasteiger partial charge in [0.05, 0.1) is 41.7 Å². The molecule has 0 saturated carbocycles.